The molecule has 0 fully saturated rings. The van der Waals surface area contributed by atoms with Crippen molar-refractivity contribution in [1.82, 2.24) is 0 Å². The van der Waals surface area contributed by atoms with Crippen LogP contribution in [0, 0.1) is 6.92 Å². The van der Waals surface area contributed by atoms with E-state index in [2.05, 4.69) is 0 Å². The Morgan fingerprint density at radius 1 is 1.47 bits per heavy atom. The summed E-state index contributed by atoms with van der Waals surface area (Å²) in [5, 5.41) is 9.36. The topological polar surface area (TPSA) is 55.5 Å². The molecule has 0 heterocycles. The third-order valence-electron chi connectivity index (χ3n) is 2.57. The van der Waals surface area contributed by atoms with Gasteiger partial charge in [-0.2, -0.15) is 0 Å². The Hall–Kier alpha value is -1.06. The van der Waals surface area contributed by atoms with Crippen LogP contribution in [0.3, 0.4) is 0 Å². The SMILES string of the molecule is COc1ccc(CCC(O)CN)c(C)c1. The second-order valence-corrected chi connectivity index (χ2v) is 3.72. The molecular weight excluding hydrogens is 190 g/mol. The highest BCUT2D eigenvalue weighted by atomic mass is 16.5. The standard InChI is InChI=1S/C12H19NO2/c1-9-7-12(15-2)6-4-10(9)3-5-11(14)8-13/h4,6-7,11,14H,3,5,8,13H2,1-2H3. The van der Waals surface area contributed by atoms with Gasteiger partial charge in [0.1, 0.15) is 5.75 Å². The highest BCUT2D eigenvalue weighted by molar-refractivity contribution is 5.34. The van der Waals surface area contributed by atoms with Crippen molar-refractivity contribution in [2.75, 3.05) is 13.7 Å². The van der Waals surface area contributed by atoms with E-state index in [1.165, 1.54) is 11.1 Å². The van der Waals surface area contributed by atoms with Crippen molar-refractivity contribution in [2.45, 2.75) is 25.9 Å². The molecule has 0 aliphatic heterocycles. The van der Waals surface area contributed by atoms with E-state index in [0.29, 0.717) is 13.0 Å². The van der Waals surface area contributed by atoms with E-state index in [-0.39, 0.29) is 0 Å². The van der Waals surface area contributed by atoms with Gasteiger partial charge in [-0.25, -0.2) is 0 Å². The molecule has 1 atom stereocenters. The van der Waals surface area contributed by atoms with Gasteiger partial charge in [0.05, 0.1) is 13.2 Å². The first-order valence-electron chi connectivity index (χ1n) is 5.19. The largest absolute Gasteiger partial charge is 0.497 e. The fraction of sp³-hybridized carbons (Fsp3) is 0.500. The predicted molar refractivity (Wildman–Crippen MR) is 61.1 cm³/mol. The van der Waals surface area contributed by atoms with E-state index in [0.717, 1.165) is 12.2 Å². The number of rotatable bonds is 5. The predicted octanol–water partition coefficient (Wildman–Crippen LogP) is 1.26. The molecule has 0 aliphatic carbocycles. The summed E-state index contributed by atoms with van der Waals surface area (Å²) in [4.78, 5) is 0. The van der Waals surface area contributed by atoms with Crippen LogP contribution in [0.1, 0.15) is 17.5 Å². The van der Waals surface area contributed by atoms with Crippen molar-refractivity contribution in [2.24, 2.45) is 5.73 Å². The second kappa shape index (κ2) is 5.73. The smallest absolute Gasteiger partial charge is 0.119 e. The van der Waals surface area contributed by atoms with E-state index in [9.17, 15) is 5.11 Å². The molecule has 0 amide bonds. The highest BCUT2D eigenvalue weighted by Gasteiger charge is 2.04. The van der Waals surface area contributed by atoms with E-state index in [4.69, 9.17) is 10.5 Å². The third-order valence-corrected chi connectivity index (χ3v) is 2.57. The quantitative estimate of drug-likeness (QED) is 0.767. The minimum Gasteiger partial charge on any atom is -0.497 e. The first-order chi connectivity index (χ1) is 7.17. The number of hydrogen-bond acceptors (Lipinski definition) is 3. The Bertz CT molecular complexity index is 312. The van der Waals surface area contributed by atoms with Crippen LogP contribution in [0.25, 0.3) is 0 Å². The van der Waals surface area contributed by atoms with Crippen LogP contribution in [0.4, 0.5) is 0 Å². The highest BCUT2D eigenvalue weighted by Crippen LogP contribution is 2.18. The summed E-state index contributed by atoms with van der Waals surface area (Å²) < 4.78 is 5.13. The average Bonchev–Trinajstić information content (AvgIpc) is 2.26. The van der Waals surface area contributed by atoms with Gasteiger partial charge in [-0.3, -0.25) is 0 Å². The lowest BCUT2D eigenvalue weighted by molar-refractivity contribution is 0.173. The van der Waals surface area contributed by atoms with Crippen LogP contribution in [-0.4, -0.2) is 24.9 Å². The summed E-state index contributed by atoms with van der Waals surface area (Å²) in [6, 6.07) is 5.98. The van der Waals surface area contributed by atoms with Gasteiger partial charge in [0.25, 0.3) is 0 Å². The fourth-order valence-electron chi connectivity index (χ4n) is 1.52. The van der Waals surface area contributed by atoms with Crippen LogP contribution in [0.15, 0.2) is 18.2 Å². The molecule has 3 N–H and O–H groups in total. The zero-order valence-corrected chi connectivity index (χ0v) is 9.36. The van der Waals surface area contributed by atoms with Gasteiger partial charge >= 0.3 is 0 Å². The number of hydrogen-bond donors (Lipinski definition) is 2. The lowest BCUT2D eigenvalue weighted by Gasteiger charge is -2.10. The summed E-state index contributed by atoms with van der Waals surface area (Å²) in [5.74, 6) is 0.871. The zero-order valence-electron chi connectivity index (χ0n) is 9.36. The Morgan fingerprint density at radius 2 is 2.20 bits per heavy atom. The van der Waals surface area contributed by atoms with Gasteiger partial charge < -0.3 is 15.6 Å². The molecule has 0 saturated carbocycles. The Morgan fingerprint density at radius 3 is 2.73 bits per heavy atom. The number of ether oxygens (including phenoxy) is 1. The summed E-state index contributed by atoms with van der Waals surface area (Å²) in [6.07, 6.45) is 1.17. The number of aliphatic hydroxyl groups is 1. The average molecular weight is 209 g/mol. The van der Waals surface area contributed by atoms with Crippen molar-refractivity contribution in [3.63, 3.8) is 0 Å². The first kappa shape index (κ1) is 12.0. The molecule has 0 saturated heterocycles. The molecule has 0 bridgehead atoms. The minimum atomic E-state index is -0.397. The maximum atomic E-state index is 9.36. The van der Waals surface area contributed by atoms with Crippen LogP contribution in [0.2, 0.25) is 0 Å². The summed E-state index contributed by atoms with van der Waals surface area (Å²) >= 11 is 0. The van der Waals surface area contributed by atoms with Gasteiger partial charge in [0.15, 0.2) is 0 Å². The first-order valence-corrected chi connectivity index (χ1v) is 5.19. The third kappa shape index (κ3) is 3.53. The summed E-state index contributed by atoms with van der Waals surface area (Å²) in [5.41, 5.74) is 7.78. The normalized spacial score (nSPS) is 12.5. The van der Waals surface area contributed by atoms with Gasteiger partial charge in [0.2, 0.25) is 0 Å². The van der Waals surface area contributed by atoms with Crippen molar-refractivity contribution in [1.29, 1.82) is 0 Å². The fourth-order valence-corrected chi connectivity index (χ4v) is 1.52. The second-order valence-electron chi connectivity index (χ2n) is 3.72. The van der Waals surface area contributed by atoms with E-state index in [1.54, 1.807) is 7.11 Å². The molecule has 0 spiro atoms. The Balaban J connectivity index is 2.62. The maximum Gasteiger partial charge on any atom is 0.119 e. The van der Waals surface area contributed by atoms with Gasteiger partial charge in [-0.1, -0.05) is 6.07 Å². The lowest BCUT2D eigenvalue weighted by atomic mass is 10.0. The van der Waals surface area contributed by atoms with Crippen LogP contribution in [-0.2, 0) is 6.42 Å². The molecule has 3 heteroatoms. The number of aliphatic hydroxyl groups excluding tert-OH is 1. The molecule has 15 heavy (non-hydrogen) atoms. The van der Waals surface area contributed by atoms with Crippen LogP contribution >= 0.6 is 0 Å². The number of aryl methyl sites for hydroxylation is 2. The van der Waals surface area contributed by atoms with E-state index in [1.807, 2.05) is 25.1 Å². The van der Waals surface area contributed by atoms with Crippen molar-refractivity contribution >= 4 is 0 Å². The summed E-state index contributed by atoms with van der Waals surface area (Å²) in [7, 11) is 1.66. The van der Waals surface area contributed by atoms with E-state index < -0.39 is 6.10 Å². The molecular formula is C12H19NO2. The maximum absolute atomic E-state index is 9.36. The number of benzene rings is 1. The minimum absolute atomic E-state index is 0.329. The van der Waals surface area contributed by atoms with Crippen LogP contribution < -0.4 is 10.5 Å². The summed E-state index contributed by atoms with van der Waals surface area (Å²) in [6.45, 7) is 2.38. The van der Waals surface area contributed by atoms with Crippen LogP contribution in [0.5, 0.6) is 5.75 Å². The molecule has 3 nitrogen and oxygen atoms in total. The van der Waals surface area contributed by atoms with E-state index >= 15 is 0 Å². The molecule has 1 aromatic rings. The van der Waals surface area contributed by atoms with Crippen molar-refractivity contribution < 1.29 is 9.84 Å². The lowest BCUT2D eigenvalue weighted by Crippen LogP contribution is -2.20. The molecule has 1 aromatic carbocycles. The number of nitrogens with two attached hydrogens (primary N) is 1. The van der Waals surface area contributed by atoms with Crippen molar-refractivity contribution in [3.8, 4) is 5.75 Å². The Kier molecular flexibility index (Phi) is 4.59. The zero-order chi connectivity index (χ0) is 11.3. The van der Waals surface area contributed by atoms with Gasteiger partial charge in [-0.15, -0.1) is 0 Å². The van der Waals surface area contributed by atoms with Gasteiger partial charge in [-0.05, 0) is 43.0 Å². The van der Waals surface area contributed by atoms with Gasteiger partial charge in [0, 0.05) is 6.54 Å². The molecule has 0 radical (unpaired) electrons. The number of methoxy groups -OCH3 is 1. The monoisotopic (exact) mass is 209 g/mol. The molecule has 1 unspecified atom stereocenters. The molecule has 0 aliphatic rings. The molecule has 0 aromatic heterocycles. The molecule has 84 valence electrons. The Labute approximate surface area is 90.9 Å². The van der Waals surface area contributed by atoms with Crippen molar-refractivity contribution in [3.05, 3.63) is 29.3 Å². The molecule has 1 rings (SSSR count).